The maximum Gasteiger partial charge on any atom is 0.494 e. The van der Waals surface area contributed by atoms with Crippen LogP contribution in [-0.2, 0) is 15.7 Å². The van der Waals surface area contributed by atoms with E-state index >= 15 is 0 Å². The van der Waals surface area contributed by atoms with Crippen LogP contribution in [0.4, 0.5) is 17.1 Å². The second-order valence-corrected chi connectivity index (χ2v) is 9.88. The molecule has 4 rings (SSSR count). The fourth-order valence-corrected chi connectivity index (χ4v) is 4.02. The lowest BCUT2D eigenvalue weighted by atomic mass is 9.79. The predicted octanol–water partition coefficient (Wildman–Crippen LogP) is 5.59. The number of rotatable bonds is 7. The summed E-state index contributed by atoms with van der Waals surface area (Å²) in [5, 5.41) is 0. The highest BCUT2D eigenvalue weighted by atomic mass is 16.7. The van der Waals surface area contributed by atoms with Crippen molar-refractivity contribution in [3.63, 3.8) is 0 Å². The highest BCUT2D eigenvalue weighted by Crippen LogP contribution is 2.37. The normalized spacial score (nSPS) is 16.7. The summed E-state index contributed by atoms with van der Waals surface area (Å²) >= 11 is 0. The average Bonchev–Trinajstić information content (AvgIpc) is 3.02. The van der Waals surface area contributed by atoms with Crippen LogP contribution in [0, 0.1) is 0 Å². The van der Waals surface area contributed by atoms with E-state index in [1.807, 2.05) is 12.1 Å². The molecule has 5 heteroatoms. The zero-order valence-electron chi connectivity index (χ0n) is 20.5. The molecule has 1 heterocycles. The van der Waals surface area contributed by atoms with Gasteiger partial charge in [0.15, 0.2) is 0 Å². The zero-order valence-corrected chi connectivity index (χ0v) is 20.5. The lowest BCUT2D eigenvalue weighted by Crippen LogP contribution is -2.41. The Bertz CT molecular complexity index is 1040. The van der Waals surface area contributed by atoms with Gasteiger partial charge in [-0.1, -0.05) is 55.2 Å². The maximum atomic E-state index is 6.23. The Balaban J connectivity index is 1.64. The second kappa shape index (κ2) is 9.40. The van der Waals surface area contributed by atoms with Gasteiger partial charge in [-0.2, -0.15) is 0 Å². The van der Waals surface area contributed by atoms with Gasteiger partial charge in [0.25, 0.3) is 0 Å². The van der Waals surface area contributed by atoms with E-state index in [-0.39, 0.29) is 18.3 Å². The Hall–Kier alpha value is -2.49. The summed E-state index contributed by atoms with van der Waals surface area (Å²) in [5.41, 5.74) is 5.68. The van der Waals surface area contributed by atoms with E-state index in [1.54, 1.807) is 0 Å². The molecule has 0 atom stereocenters. The third-order valence-corrected chi connectivity index (χ3v) is 6.84. The van der Waals surface area contributed by atoms with E-state index in [4.69, 9.17) is 17.2 Å². The van der Waals surface area contributed by atoms with Crippen molar-refractivity contribution < 1.29 is 9.31 Å². The molecule has 1 fully saturated rings. The molecular formula is C28H33B2NO2. The third-order valence-electron chi connectivity index (χ3n) is 6.84. The largest absolute Gasteiger partial charge is 0.494 e. The molecular weight excluding hydrogens is 404 g/mol. The van der Waals surface area contributed by atoms with Gasteiger partial charge >= 0.3 is 7.12 Å². The van der Waals surface area contributed by atoms with Crippen LogP contribution in [0.3, 0.4) is 0 Å². The van der Waals surface area contributed by atoms with Gasteiger partial charge in [-0.15, -0.1) is 0 Å². The van der Waals surface area contributed by atoms with Gasteiger partial charge in [-0.05, 0) is 88.0 Å². The summed E-state index contributed by atoms with van der Waals surface area (Å²) in [6, 6.07) is 25.3. The first-order valence-corrected chi connectivity index (χ1v) is 11.9. The quantitative estimate of drug-likeness (QED) is 0.450. The molecule has 1 saturated heterocycles. The van der Waals surface area contributed by atoms with Gasteiger partial charge in [-0.3, -0.25) is 0 Å². The molecule has 0 N–H and O–H groups in total. The first-order chi connectivity index (χ1) is 15.7. The molecule has 1 aliphatic rings. The molecule has 0 saturated carbocycles. The van der Waals surface area contributed by atoms with Crippen molar-refractivity contribution in [3.05, 3.63) is 78.4 Å². The fourth-order valence-electron chi connectivity index (χ4n) is 4.02. The molecule has 0 aliphatic carbocycles. The number of nitrogens with zero attached hydrogens (tertiary/aromatic N) is 1. The van der Waals surface area contributed by atoms with E-state index in [2.05, 4.69) is 100 Å². The van der Waals surface area contributed by atoms with Gasteiger partial charge < -0.3 is 14.2 Å². The van der Waals surface area contributed by atoms with E-state index in [0.717, 1.165) is 34.4 Å². The van der Waals surface area contributed by atoms with Gasteiger partial charge in [0, 0.05) is 17.1 Å². The minimum Gasteiger partial charge on any atom is -0.399 e. The summed E-state index contributed by atoms with van der Waals surface area (Å²) in [6.07, 6.45) is 3.53. The Morgan fingerprint density at radius 1 is 0.727 bits per heavy atom. The molecule has 0 spiro atoms. The Labute approximate surface area is 200 Å². The van der Waals surface area contributed by atoms with Crippen molar-refractivity contribution in [2.45, 2.75) is 65.1 Å². The topological polar surface area (TPSA) is 21.7 Å². The smallest absolute Gasteiger partial charge is 0.399 e. The molecule has 1 aliphatic heterocycles. The first-order valence-electron chi connectivity index (χ1n) is 11.9. The lowest BCUT2D eigenvalue weighted by Gasteiger charge is -2.32. The number of hydrogen-bond acceptors (Lipinski definition) is 3. The summed E-state index contributed by atoms with van der Waals surface area (Å²) in [7, 11) is 5.59. The van der Waals surface area contributed by atoms with E-state index in [1.165, 1.54) is 18.4 Å². The van der Waals surface area contributed by atoms with Crippen LogP contribution in [0.25, 0.3) is 0 Å². The Morgan fingerprint density at radius 3 is 1.67 bits per heavy atom. The van der Waals surface area contributed by atoms with Crippen molar-refractivity contribution in [3.8, 4) is 0 Å². The van der Waals surface area contributed by atoms with Gasteiger partial charge in [0.05, 0.1) is 11.2 Å². The zero-order chi connectivity index (χ0) is 23.6. The van der Waals surface area contributed by atoms with Crippen LogP contribution in [0.5, 0.6) is 0 Å². The summed E-state index contributed by atoms with van der Waals surface area (Å²) in [4.78, 5) is 2.25. The van der Waals surface area contributed by atoms with Gasteiger partial charge in [0.2, 0.25) is 0 Å². The molecule has 33 heavy (non-hydrogen) atoms. The molecule has 3 nitrogen and oxygen atoms in total. The predicted molar refractivity (Wildman–Crippen MR) is 141 cm³/mol. The minimum absolute atomic E-state index is 0.355. The summed E-state index contributed by atoms with van der Waals surface area (Å²) in [5.74, 6) is 0. The Morgan fingerprint density at radius 2 is 1.18 bits per heavy atom. The molecule has 0 aromatic heterocycles. The van der Waals surface area contributed by atoms with Crippen LogP contribution >= 0.6 is 0 Å². The number of aryl methyl sites for hydroxylation is 1. The van der Waals surface area contributed by atoms with Gasteiger partial charge in [-0.25, -0.2) is 0 Å². The van der Waals surface area contributed by atoms with Crippen LogP contribution in [0.1, 0.15) is 53.0 Å². The number of benzene rings is 3. The molecule has 0 unspecified atom stereocenters. The van der Waals surface area contributed by atoms with E-state index in [0.29, 0.717) is 0 Å². The number of unbranched alkanes of at least 4 members (excludes halogenated alkanes) is 1. The Kier molecular flexibility index (Phi) is 6.74. The average molecular weight is 437 g/mol. The molecule has 3 aromatic rings. The maximum absolute atomic E-state index is 6.23. The summed E-state index contributed by atoms with van der Waals surface area (Å²) in [6.45, 7) is 10.5. The number of hydrogen-bond donors (Lipinski definition) is 0. The third kappa shape index (κ3) is 5.05. The van der Waals surface area contributed by atoms with Crippen LogP contribution in [0.15, 0.2) is 72.8 Å². The number of anilines is 3. The molecule has 0 amide bonds. The standard InChI is InChI=1S/C28H33B2NO2/c1-6-7-8-21-9-15-24(16-10-21)31(25-17-11-22(29)12-18-25)26-19-13-23(14-20-26)30-32-27(2,3)28(4,5)33-30/h9-20H,6-8H2,1-5H3. The SMILES string of the molecule is [B]c1ccc(N(c2ccc(CCCC)cc2)c2ccc(B3OC(C)(C)C(C)(C)O3)cc2)cc1. The van der Waals surface area contributed by atoms with Crippen molar-refractivity contribution in [1.29, 1.82) is 0 Å². The highest BCUT2D eigenvalue weighted by Gasteiger charge is 2.51. The van der Waals surface area contributed by atoms with Crippen molar-refractivity contribution >= 4 is 43.0 Å². The molecule has 168 valence electrons. The molecule has 0 bridgehead atoms. The lowest BCUT2D eigenvalue weighted by molar-refractivity contribution is 0.00578. The first kappa shape index (κ1) is 23.7. The highest BCUT2D eigenvalue weighted by molar-refractivity contribution is 6.62. The summed E-state index contributed by atoms with van der Waals surface area (Å²) < 4.78 is 12.5. The van der Waals surface area contributed by atoms with Crippen LogP contribution in [0.2, 0.25) is 0 Å². The second-order valence-electron chi connectivity index (χ2n) is 9.88. The molecule has 3 aromatic carbocycles. The van der Waals surface area contributed by atoms with Gasteiger partial charge in [0.1, 0.15) is 7.85 Å². The van der Waals surface area contributed by atoms with Crippen molar-refractivity contribution in [2.24, 2.45) is 0 Å². The van der Waals surface area contributed by atoms with Crippen LogP contribution < -0.4 is 15.8 Å². The van der Waals surface area contributed by atoms with E-state index in [9.17, 15) is 0 Å². The fraction of sp³-hybridized carbons (Fsp3) is 0.357. The van der Waals surface area contributed by atoms with Crippen molar-refractivity contribution in [1.82, 2.24) is 0 Å². The monoisotopic (exact) mass is 437 g/mol. The van der Waals surface area contributed by atoms with Crippen molar-refractivity contribution in [2.75, 3.05) is 4.90 Å². The minimum atomic E-state index is -0.369. The van der Waals surface area contributed by atoms with E-state index < -0.39 is 0 Å². The van der Waals surface area contributed by atoms with Crippen LogP contribution in [-0.4, -0.2) is 26.2 Å². The molecule has 2 radical (unpaired) electrons.